The third-order valence-electron chi connectivity index (χ3n) is 4.27. The van der Waals surface area contributed by atoms with E-state index in [4.69, 9.17) is 0 Å². The molecule has 0 atom stereocenters. The summed E-state index contributed by atoms with van der Waals surface area (Å²) in [6.45, 7) is 2.28. The first-order chi connectivity index (χ1) is 12.1. The number of imide groups is 2. The molecule has 0 aromatic rings. The number of nitrogens with one attached hydrogen (secondary N) is 1. The van der Waals surface area contributed by atoms with Gasteiger partial charge in [0.25, 0.3) is 11.8 Å². The molecule has 5 nitrogen and oxygen atoms in total. The Hall–Kier alpha value is -2.95. The number of hydrogen-bond acceptors (Lipinski definition) is 3. The molecule has 1 saturated heterocycles. The summed E-state index contributed by atoms with van der Waals surface area (Å²) in [6.07, 6.45) is 17.6. The van der Waals surface area contributed by atoms with Gasteiger partial charge in [-0.1, -0.05) is 62.0 Å². The number of urea groups is 1. The highest BCUT2D eigenvalue weighted by molar-refractivity contribution is 6.29. The molecule has 0 spiro atoms. The maximum atomic E-state index is 12.7. The predicted octanol–water partition coefficient (Wildman–Crippen LogP) is 3.10. The Balaban J connectivity index is 2.02. The fourth-order valence-electron chi connectivity index (χ4n) is 2.88. The van der Waals surface area contributed by atoms with Crippen molar-refractivity contribution >= 4 is 17.8 Å². The van der Waals surface area contributed by atoms with Crippen molar-refractivity contribution in [2.24, 2.45) is 0 Å². The van der Waals surface area contributed by atoms with Crippen molar-refractivity contribution in [3.05, 3.63) is 70.9 Å². The molecule has 2 bridgehead atoms. The minimum Gasteiger partial charge on any atom is -0.273 e. The van der Waals surface area contributed by atoms with Crippen LogP contribution in [0.4, 0.5) is 4.79 Å². The van der Waals surface area contributed by atoms with Gasteiger partial charge in [-0.15, -0.1) is 0 Å². The molecule has 1 aliphatic heterocycles. The number of carbonyl (C=O) groups excluding carboxylic acids is 3. The summed E-state index contributed by atoms with van der Waals surface area (Å²) in [5, 5.41) is 2.27. The molecule has 25 heavy (non-hydrogen) atoms. The van der Waals surface area contributed by atoms with E-state index < -0.39 is 17.8 Å². The molecule has 3 rings (SSSR count). The first-order valence-electron chi connectivity index (χ1n) is 8.44. The maximum absolute atomic E-state index is 12.7. The lowest BCUT2D eigenvalue weighted by Gasteiger charge is -2.27. The highest BCUT2D eigenvalue weighted by Crippen LogP contribution is 2.24. The summed E-state index contributed by atoms with van der Waals surface area (Å²) >= 11 is 0. The lowest BCUT2D eigenvalue weighted by molar-refractivity contribution is -0.130. The molecule has 2 aliphatic carbocycles. The summed E-state index contributed by atoms with van der Waals surface area (Å²) in [5.41, 5.74) is 2.70. The molecule has 1 fully saturated rings. The van der Waals surface area contributed by atoms with Crippen molar-refractivity contribution in [3.8, 4) is 0 Å². The zero-order valence-corrected chi connectivity index (χ0v) is 14.1. The second-order valence-corrected chi connectivity index (χ2v) is 6.11. The fraction of sp³-hybridized carbons (Fsp3) is 0.250. The Labute approximate surface area is 146 Å². The van der Waals surface area contributed by atoms with Crippen molar-refractivity contribution < 1.29 is 14.4 Å². The van der Waals surface area contributed by atoms with Gasteiger partial charge >= 0.3 is 6.03 Å². The van der Waals surface area contributed by atoms with Gasteiger partial charge in [0.1, 0.15) is 5.57 Å². The number of unbranched alkanes of at least 4 members (excludes halogenated alkanes) is 1. The standard InChI is InChI=1S/C20H20N2O3/c1-2-3-12-22-19(24)17(18(23)21-20(22)25)16-10-8-14-6-4-5-7-15(13-14)9-11-16/h4-11H,2-3,12-13H2,1H3,(H,21,23,25)/b10-8-,11-9-. The van der Waals surface area contributed by atoms with Crippen LogP contribution in [0.1, 0.15) is 26.2 Å². The van der Waals surface area contributed by atoms with Crippen molar-refractivity contribution in [1.82, 2.24) is 10.2 Å². The summed E-state index contributed by atoms with van der Waals surface area (Å²) in [7, 11) is 0. The smallest absolute Gasteiger partial charge is 0.273 e. The van der Waals surface area contributed by atoms with E-state index >= 15 is 0 Å². The molecule has 0 aromatic carbocycles. The minimum atomic E-state index is -0.644. The van der Waals surface area contributed by atoms with Crippen LogP contribution in [0.15, 0.2) is 70.9 Å². The molecular formula is C20H20N2O3. The van der Waals surface area contributed by atoms with Crippen LogP contribution in [-0.4, -0.2) is 29.3 Å². The van der Waals surface area contributed by atoms with E-state index in [9.17, 15) is 14.4 Å². The van der Waals surface area contributed by atoms with Crippen LogP contribution in [0, 0.1) is 0 Å². The average molecular weight is 336 g/mol. The van der Waals surface area contributed by atoms with Gasteiger partial charge in [0.2, 0.25) is 0 Å². The topological polar surface area (TPSA) is 66.5 Å². The SMILES string of the molecule is CCCCN1C(=O)NC(=O)C(=C2/C=C\C3=CC=CC=C(/C=C\2)C3)C1=O. The third-order valence-corrected chi connectivity index (χ3v) is 4.27. The molecule has 3 aliphatic rings. The molecule has 1 N–H and O–H groups in total. The Morgan fingerprint density at radius 3 is 2.24 bits per heavy atom. The molecule has 4 amide bonds. The second-order valence-electron chi connectivity index (χ2n) is 6.11. The number of rotatable bonds is 3. The van der Waals surface area contributed by atoms with Crippen LogP contribution in [0.25, 0.3) is 0 Å². The largest absolute Gasteiger partial charge is 0.331 e. The van der Waals surface area contributed by atoms with Crippen LogP contribution < -0.4 is 5.32 Å². The van der Waals surface area contributed by atoms with E-state index in [0.717, 1.165) is 28.9 Å². The zero-order chi connectivity index (χ0) is 17.8. The first-order valence-corrected chi connectivity index (χ1v) is 8.44. The van der Waals surface area contributed by atoms with Crippen LogP contribution in [0.3, 0.4) is 0 Å². The first kappa shape index (κ1) is 16.9. The quantitative estimate of drug-likeness (QED) is 0.636. The normalized spacial score (nSPS) is 22.6. The second kappa shape index (κ2) is 7.30. The van der Waals surface area contributed by atoms with Gasteiger partial charge in [0, 0.05) is 6.54 Å². The van der Waals surface area contributed by atoms with Crippen LogP contribution >= 0.6 is 0 Å². The highest BCUT2D eigenvalue weighted by atomic mass is 16.2. The number of hydrogen-bond donors (Lipinski definition) is 1. The third kappa shape index (κ3) is 3.60. The Bertz CT molecular complexity index is 773. The van der Waals surface area contributed by atoms with Crippen LogP contribution in [0.5, 0.6) is 0 Å². The predicted molar refractivity (Wildman–Crippen MR) is 95.4 cm³/mol. The molecule has 1 heterocycles. The number of allylic oxidation sites excluding steroid dienone is 11. The number of fused-ring (bicyclic) bond motifs is 2. The monoisotopic (exact) mass is 336 g/mol. The van der Waals surface area contributed by atoms with Crippen molar-refractivity contribution in [3.63, 3.8) is 0 Å². The number of carbonyl (C=O) groups is 3. The van der Waals surface area contributed by atoms with E-state index in [-0.39, 0.29) is 5.57 Å². The van der Waals surface area contributed by atoms with Crippen LogP contribution in [0.2, 0.25) is 0 Å². The molecule has 0 radical (unpaired) electrons. The van der Waals surface area contributed by atoms with Crippen molar-refractivity contribution in [2.45, 2.75) is 26.2 Å². The molecule has 0 saturated carbocycles. The molecule has 128 valence electrons. The lowest BCUT2D eigenvalue weighted by Crippen LogP contribution is -2.54. The molecule has 0 aromatic heterocycles. The fourth-order valence-corrected chi connectivity index (χ4v) is 2.88. The summed E-state index contributed by atoms with van der Waals surface area (Å²) < 4.78 is 0. The molecular weight excluding hydrogens is 316 g/mol. The van der Waals surface area contributed by atoms with Gasteiger partial charge in [-0.2, -0.15) is 0 Å². The number of barbiturate groups is 1. The minimum absolute atomic E-state index is 0.0102. The Kier molecular flexibility index (Phi) is 4.93. The Morgan fingerprint density at radius 1 is 1.00 bits per heavy atom. The van der Waals surface area contributed by atoms with Gasteiger partial charge in [-0.3, -0.25) is 19.8 Å². The maximum Gasteiger partial charge on any atom is 0.331 e. The zero-order valence-electron chi connectivity index (χ0n) is 14.1. The van der Waals surface area contributed by atoms with E-state index in [1.165, 1.54) is 0 Å². The summed E-state index contributed by atoms with van der Waals surface area (Å²) in [5.74, 6) is -1.17. The Morgan fingerprint density at radius 2 is 1.64 bits per heavy atom. The van der Waals surface area contributed by atoms with E-state index in [0.29, 0.717) is 18.5 Å². The van der Waals surface area contributed by atoms with Gasteiger partial charge < -0.3 is 0 Å². The van der Waals surface area contributed by atoms with Gasteiger partial charge in [-0.25, -0.2) is 4.79 Å². The van der Waals surface area contributed by atoms with Gasteiger partial charge in [0.15, 0.2) is 0 Å². The molecule has 5 heteroatoms. The van der Waals surface area contributed by atoms with Crippen molar-refractivity contribution in [1.29, 1.82) is 0 Å². The van der Waals surface area contributed by atoms with Gasteiger partial charge in [0.05, 0.1) is 0 Å². The highest BCUT2D eigenvalue weighted by Gasteiger charge is 2.36. The van der Waals surface area contributed by atoms with Crippen molar-refractivity contribution in [2.75, 3.05) is 6.54 Å². The van der Waals surface area contributed by atoms with Crippen LogP contribution in [-0.2, 0) is 9.59 Å². The summed E-state index contributed by atoms with van der Waals surface area (Å²) in [6, 6.07) is -0.644. The van der Waals surface area contributed by atoms with E-state index in [1.54, 1.807) is 12.2 Å². The lowest BCUT2D eigenvalue weighted by atomic mass is 9.96. The van der Waals surface area contributed by atoms with Gasteiger partial charge in [-0.05, 0) is 29.6 Å². The van der Waals surface area contributed by atoms with E-state index in [2.05, 4.69) is 5.32 Å². The average Bonchev–Trinajstić information content (AvgIpc) is 2.81. The molecule has 0 unspecified atom stereocenters. The number of nitrogens with zero attached hydrogens (tertiary/aromatic N) is 1. The number of amides is 4. The summed E-state index contributed by atoms with van der Waals surface area (Å²) in [4.78, 5) is 38.1. The van der Waals surface area contributed by atoms with E-state index in [1.807, 2.05) is 43.4 Å².